The lowest BCUT2D eigenvalue weighted by Gasteiger charge is -2.14. The van der Waals surface area contributed by atoms with Crippen molar-refractivity contribution in [2.45, 2.75) is 90.0 Å². The van der Waals surface area contributed by atoms with E-state index in [1.54, 1.807) is 6.92 Å². The first-order valence-corrected chi connectivity index (χ1v) is 19.4. The highest BCUT2D eigenvalue weighted by molar-refractivity contribution is 7.86. The van der Waals surface area contributed by atoms with E-state index >= 15 is 0 Å². The largest absolute Gasteiger partial charge is 0.396 e. The molecule has 15 nitrogen and oxygen atoms in total. The molecule has 4 aromatic heterocycles. The SMILES string of the molecule is CC[C@@H](N=[N+]=[N-])c1ccc(C(F)F)nc1.CC[C@H](O)c1ccc(C(F)F)nc1.CC[C@H](OS(C)(=O)=O)c1ccc(C(F)F)nc1.[N-]=[N+]=N[C@H](CO)c1ccc(C(F)F)nc1. The van der Waals surface area contributed by atoms with Crippen molar-refractivity contribution in [2.24, 2.45) is 10.2 Å². The molecule has 0 saturated heterocycles. The second kappa shape index (κ2) is 27.3. The molecule has 4 heterocycles. The van der Waals surface area contributed by atoms with Crippen LogP contribution in [0.1, 0.15) is 135 Å². The Bertz CT molecular complexity index is 1960. The monoisotopic (exact) mass is 878 g/mol. The fourth-order valence-electron chi connectivity index (χ4n) is 4.49. The highest BCUT2D eigenvalue weighted by Gasteiger charge is 2.18. The van der Waals surface area contributed by atoms with Crippen LogP contribution < -0.4 is 0 Å². The van der Waals surface area contributed by atoms with Crippen molar-refractivity contribution in [1.29, 1.82) is 0 Å². The van der Waals surface area contributed by atoms with Crippen molar-refractivity contribution >= 4 is 10.1 Å². The Morgan fingerprint density at radius 3 is 1.22 bits per heavy atom. The van der Waals surface area contributed by atoms with E-state index in [9.17, 15) is 48.6 Å². The third-order valence-corrected chi connectivity index (χ3v) is 8.23. The molecule has 2 N–H and O–H groups in total. The van der Waals surface area contributed by atoms with E-state index < -0.39 is 54.1 Å². The molecule has 0 bridgehead atoms. The first-order chi connectivity index (χ1) is 28.3. The molecular formula is C36H42F8N10O5S. The topological polar surface area (TPSA) is 233 Å². The quantitative estimate of drug-likeness (QED) is 0.0357. The van der Waals surface area contributed by atoms with Crippen LogP contribution in [0.4, 0.5) is 35.1 Å². The number of hydrogen-bond donors (Lipinski definition) is 2. The molecule has 0 amide bonds. The van der Waals surface area contributed by atoms with E-state index in [4.69, 9.17) is 20.4 Å². The van der Waals surface area contributed by atoms with Crippen molar-refractivity contribution in [2.75, 3.05) is 12.9 Å². The summed E-state index contributed by atoms with van der Waals surface area (Å²) in [6.45, 7) is 5.00. The molecule has 0 aliphatic rings. The summed E-state index contributed by atoms with van der Waals surface area (Å²) in [6, 6.07) is 9.39. The van der Waals surface area contributed by atoms with Crippen molar-refractivity contribution in [3.8, 4) is 0 Å². The van der Waals surface area contributed by atoms with Gasteiger partial charge in [0.15, 0.2) is 0 Å². The Hall–Kier alpha value is -5.51. The molecule has 0 aliphatic heterocycles. The number of hydrogen-bond acceptors (Lipinski definition) is 11. The van der Waals surface area contributed by atoms with E-state index in [1.165, 1.54) is 55.0 Å². The van der Waals surface area contributed by atoms with Crippen LogP contribution >= 0.6 is 0 Å². The number of nitrogens with zero attached hydrogens (tertiary/aromatic N) is 10. The molecule has 0 fully saturated rings. The number of alkyl halides is 8. The number of rotatable bonds is 16. The lowest BCUT2D eigenvalue weighted by molar-refractivity contribution is 0.145. The molecule has 4 aromatic rings. The summed E-state index contributed by atoms with van der Waals surface area (Å²) >= 11 is 0. The first kappa shape index (κ1) is 52.5. The maximum Gasteiger partial charge on any atom is 0.280 e. The van der Waals surface area contributed by atoms with E-state index in [0.29, 0.717) is 41.5 Å². The summed E-state index contributed by atoms with van der Waals surface area (Å²) in [5.74, 6) is 0. The van der Waals surface area contributed by atoms with Gasteiger partial charge >= 0.3 is 0 Å². The lowest BCUT2D eigenvalue weighted by atomic mass is 10.1. The van der Waals surface area contributed by atoms with Gasteiger partial charge in [-0.2, -0.15) is 8.42 Å². The Kier molecular flexibility index (Phi) is 23.9. The fourth-order valence-corrected chi connectivity index (χ4v) is 5.16. The normalized spacial score (nSPS) is 13.0. The van der Waals surface area contributed by atoms with Crippen molar-refractivity contribution < 1.29 is 57.9 Å². The average Bonchev–Trinajstić information content (AvgIpc) is 3.24. The lowest BCUT2D eigenvalue weighted by Crippen LogP contribution is -2.10. The van der Waals surface area contributed by atoms with Gasteiger partial charge in [0.05, 0.1) is 31.1 Å². The maximum atomic E-state index is 12.3. The minimum absolute atomic E-state index is 0.257. The Labute approximate surface area is 339 Å². The van der Waals surface area contributed by atoms with Crippen LogP contribution in [0, 0.1) is 0 Å². The number of halogens is 8. The molecule has 0 aliphatic carbocycles. The van der Waals surface area contributed by atoms with Gasteiger partial charge in [0.2, 0.25) is 0 Å². The van der Waals surface area contributed by atoms with E-state index in [1.807, 2.05) is 13.8 Å². The third-order valence-electron chi connectivity index (χ3n) is 7.65. The van der Waals surface area contributed by atoms with Crippen LogP contribution in [-0.2, 0) is 14.3 Å². The van der Waals surface area contributed by atoms with E-state index in [0.717, 1.165) is 24.6 Å². The smallest absolute Gasteiger partial charge is 0.280 e. The number of aromatic nitrogens is 4. The zero-order valence-corrected chi connectivity index (χ0v) is 33.2. The molecule has 0 radical (unpaired) electrons. The van der Waals surface area contributed by atoms with Gasteiger partial charge in [0.25, 0.3) is 35.8 Å². The molecule has 0 saturated carbocycles. The zero-order valence-electron chi connectivity index (χ0n) is 32.4. The predicted molar refractivity (Wildman–Crippen MR) is 202 cm³/mol. The van der Waals surface area contributed by atoms with Gasteiger partial charge in [-0.1, -0.05) is 55.3 Å². The van der Waals surface area contributed by atoms with Crippen molar-refractivity contribution in [3.63, 3.8) is 0 Å². The average molecular weight is 879 g/mol. The Morgan fingerprint density at radius 2 is 0.950 bits per heavy atom. The maximum absolute atomic E-state index is 12.3. The molecule has 328 valence electrons. The van der Waals surface area contributed by atoms with Crippen LogP contribution in [0.15, 0.2) is 83.5 Å². The standard InChI is InChI=1S/C10H13F2NO3S.C9H10F2N4.C9H11F2NO.C8H8F2N4O/c1-3-9(16-17(2,14)15)7-4-5-8(10(11)12)13-6-7;1-2-7(14-15-12)6-3-4-8(9(10)11)13-5-6;1-2-8(13)6-3-4-7(9(10)11)12-5-6;9-8(10)6-2-1-5(3-12-6)7(4-15)13-14-11/h4-6,9-10H,3H2,1-2H3;3-5,7,9H,2H2,1H3;3-5,8-9,13H,2H2,1H3;1-3,7-8,15H,4H2/t9-;7-;8-;7-/m0101/s1. The molecule has 4 atom stereocenters. The van der Waals surface area contributed by atoms with Crippen molar-refractivity contribution in [3.05, 3.63) is 139 Å². The summed E-state index contributed by atoms with van der Waals surface area (Å²) < 4.78 is 124. The summed E-state index contributed by atoms with van der Waals surface area (Å²) in [6.07, 6.45) is -4.20. The van der Waals surface area contributed by atoms with Crippen LogP contribution in [0.25, 0.3) is 20.9 Å². The minimum atomic E-state index is -3.59. The van der Waals surface area contributed by atoms with Gasteiger partial charge < -0.3 is 10.2 Å². The predicted octanol–water partition coefficient (Wildman–Crippen LogP) is 11.1. The number of aliphatic hydroxyl groups is 2. The minimum Gasteiger partial charge on any atom is -0.396 e. The molecular weight excluding hydrogens is 837 g/mol. The molecule has 60 heavy (non-hydrogen) atoms. The molecule has 0 aromatic carbocycles. The third kappa shape index (κ3) is 19.0. The van der Waals surface area contributed by atoms with Gasteiger partial charge in [0, 0.05) is 40.2 Å². The van der Waals surface area contributed by atoms with E-state index in [2.05, 4.69) is 40.0 Å². The van der Waals surface area contributed by atoms with Crippen LogP contribution in [-0.4, -0.2) is 51.4 Å². The van der Waals surface area contributed by atoms with Gasteiger partial charge in [-0.25, -0.2) is 35.1 Å². The number of azide groups is 2. The summed E-state index contributed by atoms with van der Waals surface area (Å²) in [7, 11) is -3.59. The van der Waals surface area contributed by atoms with Crippen molar-refractivity contribution in [1.82, 2.24) is 19.9 Å². The highest BCUT2D eigenvalue weighted by atomic mass is 32.2. The second-order valence-corrected chi connectivity index (χ2v) is 13.5. The Morgan fingerprint density at radius 1 is 0.600 bits per heavy atom. The van der Waals surface area contributed by atoms with Gasteiger partial charge in [-0.15, -0.1) is 0 Å². The van der Waals surface area contributed by atoms with Crippen LogP contribution in [0.5, 0.6) is 0 Å². The van der Waals surface area contributed by atoms with Crippen LogP contribution in [0.2, 0.25) is 0 Å². The second-order valence-electron chi connectivity index (χ2n) is 11.9. The number of aliphatic hydroxyl groups excluding tert-OH is 2. The summed E-state index contributed by atoms with van der Waals surface area (Å²) in [5.41, 5.74) is 17.3. The summed E-state index contributed by atoms with van der Waals surface area (Å²) in [5, 5.41) is 25.0. The molecule has 24 heteroatoms. The van der Waals surface area contributed by atoms with Crippen LogP contribution in [0.3, 0.4) is 0 Å². The molecule has 4 rings (SSSR count). The zero-order chi connectivity index (χ0) is 45.4. The first-order valence-electron chi connectivity index (χ1n) is 17.6. The summed E-state index contributed by atoms with van der Waals surface area (Å²) in [4.78, 5) is 19.4. The van der Waals surface area contributed by atoms with Gasteiger partial charge in [0.1, 0.15) is 28.9 Å². The van der Waals surface area contributed by atoms with Gasteiger partial charge in [-0.3, -0.25) is 24.1 Å². The van der Waals surface area contributed by atoms with Gasteiger partial charge in [-0.05, 0) is 71.3 Å². The molecule has 0 spiro atoms. The highest BCUT2D eigenvalue weighted by Crippen LogP contribution is 2.26. The number of pyridine rings is 4. The fraction of sp³-hybridized carbons (Fsp3) is 0.444. The van der Waals surface area contributed by atoms with E-state index in [-0.39, 0.29) is 35.4 Å². The molecule has 0 unspecified atom stereocenters. The Balaban J connectivity index is 0.000000402.